The van der Waals surface area contributed by atoms with Crippen LogP contribution in [0.25, 0.3) is 0 Å². The normalized spacial score (nSPS) is 25.6. The van der Waals surface area contributed by atoms with E-state index in [9.17, 15) is 45.6 Å². The van der Waals surface area contributed by atoms with Crippen molar-refractivity contribution in [2.45, 2.75) is 312 Å². The molecule has 0 aromatic heterocycles. The third kappa shape index (κ3) is 31.3. The number of unbranched alkanes of at least 4 members (excludes halogenated alkanes) is 30. The summed E-state index contributed by atoms with van der Waals surface area (Å²) in [4.78, 5) is 13.2. The molecule has 2 saturated heterocycles. The Bertz CT molecular complexity index is 1370. The van der Waals surface area contributed by atoms with Gasteiger partial charge in [-0.1, -0.05) is 211 Å². The summed E-state index contributed by atoms with van der Waals surface area (Å²) in [6, 6.07) is -0.930. The molecule has 12 atom stereocenters. The van der Waals surface area contributed by atoms with Gasteiger partial charge in [0, 0.05) is 6.42 Å². The van der Waals surface area contributed by atoms with E-state index in [1.807, 2.05) is 6.08 Å². The second kappa shape index (κ2) is 45.3. The fourth-order valence-electron chi connectivity index (χ4n) is 9.71. The van der Waals surface area contributed by atoms with Gasteiger partial charge < -0.3 is 65.1 Å². The summed E-state index contributed by atoms with van der Waals surface area (Å²) in [5, 5.41) is 87.0. The molecular formula is C59H109NO13. The van der Waals surface area contributed by atoms with Gasteiger partial charge in [0.1, 0.15) is 48.8 Å². The smallest absolute Gasteiger partial charge is 0.220 e. The van der Waals surface area contributed by atoms with Crippen LogP contribution in [0, 0.1) is 0 Å². The van der Waals surface area contributed by atoms with E-state index >= 15 is 0 Å². The predicted octanol–water partition coefficient (Wildman–Crippen LogP) is 9.83. The Balaban J connectivity index is 1.77. The van der Waals surface area contributed by atoms with Gasteiger partial charge in [-0.25, -0.2) is 0 Å². The molecule has 0 bridgehead atoms. The molecule has 0 saturated carbocycles. The van der Waals surface area contributed by atoms with Crippen molar-refractivity contribution in [3.63, 3.8) is 0 Å². The van der Waals surface area contributed by atoms with Crippen molar-refractivity contribution >= 4 is 5.91 Å². The van der Waals surface area contributed by atoms with E-state index in [0.717, 1.165) is 32.1 Å². The van der Waals surface area contributed by atoms with Gasteiger partial charge in [0.25, 0.3) is 0 Å². The highest BCUT2D eigenvalue weighted by Gasteiger charge is 2.51. The molecule has 428 valence electrons. The second-order valence-corrected chi connectivity index (χ2v) is 21.1. The van der Waals surface area contributed by atoms with E-state index < -0.39 is 86.8 Å². The van der Waals surface area contributed by atoms with Gasteiger partial charge in [-0.15, -0.1) is 0 Å². The van der Waals surface area contributed by atoms with E-state index in [2.05, 4.69) is 43.5 Å². The first kappa shape index (κ1) is 67.3. The maximum Gasteiger partial charge on any atom is 0.220 e. The molecule has 14 nitrogen and oxygen atoms in total. The summed E-state index contributed by atoms with van der Waals surface area (Å²) >= 11 is 0. The highest BCUT2D eigenvalue weighted by molar-refractivity contribution is 5.76. The van der Waals surface area contributed by atoms with Crippen molar-refractivity contribution < 1.29 is 64.6 Å². The minimum atomic E-state index is -1.79. The van der Waals surface area contributed by atoms with Gasteiger partial charge in [0.15, 0.2) is 12.6 Å². The molecule has 2 rings (SSSR count). The van der Waals surface area contributed by atoms with Crippen LogP contribution in [0.1, 0.15) is 239 Å². The van der Waals surface area contributed by atoms with Gasteiger partial charge in [-0.2, -0.15) is 0 Å². The number of carbonyl (C=O) groups is 1. The molecule has 73 heavy (non-hydrogen) atoms. The van der Waals surface area contributed by atoms with Gasteiger partial charge >= 0.3 is 0 Å². The van der Waals surface area contributed by atoms with Crippen LogP contribution in [-0.2, 0) is 23.7 Å². The first-order chi connectivity index (χ1) is 35.6. The minimum absolute atomic E-state index is 0.249. The molecule has 0 spiro atoms. The van der Waals surface area contributed by atoms with Crippen molar-refractivity contribution in [3.05, 3.63) is 36.5 Å². The zero-order valence-electron chi connectivity index (χ0n) is 45.9. The Hall–Kier alpha value is -1.79. The van der Waals surface area contributed by atoms with Gasteiger partial charge in [-0.3, -0.25) is 4.79 Å². The highest BCUT2D eigenvalue weighted by atomic mass is 16.7. The quantitative estimate of drug-likeness (QED) is 0.0205. The number of ether oxygens (including phenoxy) is 4. The number of aliphatic hydroxyl groups is 8. The Morgan fingerprint density at radius 1 is 0.479 bits per heavy atom. The largest absolute Gasteiger partial charge is 0.394 e. The number of allylic oxidation sites excluding steroid dienone is 5. The van der Waals surface area contributed by atoms with Crippen molar-refractivity contribution in [2.24, 2.45) is 0 Å². The van der Waals surface area contributed by atoms with Gasteiger partial charge in [0.05, 0.1) is 32.0 Å². The van der Waals surface area contributed by atoms with E-state index in [1.54, 1.807) is 6.08 Å². The third-order valence-corrected chi connectivity index (χ3v) is 14.5. The molecule has 14 heteroatoms. The lowest BCUT2D eigenvalue weighted by molar-refractivity contribution is -0.359. The molecule has 1 amide bonds. The molecule has 2 heterocycles. The number of amides is 1. The van der Waals surface area contributed by atoms with Crippen LogP contribution >= 0.6 is 0 Å². The highest BCUT2D eigenvalue weighted by Crippen LogP contribution is 2.30. The Kier molecular flexibility index (Phi) is 41.7. The summed E-state index contributed by atoms with van der Waals surface area (Å²) in [5.74, 6) is -0.249. The third-order valence-electron chi connectivity index (χ3n) is 14.5. The first-order valence-electron chi connectivity index (χ1n) is 29.7. The zero-order chi connectivity index (χ0) is 53.2. The SMILES string of the molecule is CCCCCCCCCC/C=C\CCCCCCCCCCCCCC(=O)NC(COC1OC(CO)C(OC2OC(CO)C(O)C(O)C2O)C(O)C1O)C(O)/C=C/CC/C=C/CCCCCCCCCCCC. The maximum absolute atomic E-state index is 13.2. The Morgan fingerprint density at radius 3 is 1.34 bits per heavy atom. The average molecular weight is 1040 g/mol. The van der Waals surface area contributed by atoms with Crippen LogP contribution in [0.15, 0.2) is 36.5 Å². The van der Waals surface area contributed by atoms with Crippen molar-refractivity contribution in [1.82, 2.24) is 5.32 Å². The van der Waals surface area contributed by atoms with Crippen LogP contribution in [0.2, 0.25) is 0 Å². The number of rotatable bonds is 47. The van der Waals surface area contributed by atoms with Crippen LogP contribution in [0.3, 0.4) is 0 Å². The molecule has 2 aliphatic heterocycles. The molecule has 9 N–H and O–H groups in total. The Morgan fingerprint density at radius 2 is 0.877 bits per heavy atom. The van der Waals surface area contributed by atoms with E-state index in [1.165, 1.54) is 173 Å². The van der Waals surface area contributed by atoms with Crippen molar-refractivity contribution in [1.29, 1.82) is 0 Å². The summed E-state index contributed by atoms with van der Waals surface area (Å²) < 4.78 is 22.7. The lowest BCUT2D eigenvalue weighted by Crippen LogP contribution is -2.65. The summed E-state index contributed by atoms with van der Waals surface area (Å²) in [6.07, 6.45) is 37.6. The van der Waals surface area contributed by atoms with E-state index in [4.69, 9.17) is 18.9 Å². The zero-order valence-corrected chi connectivity index (χ0v) is 45.9. The summed E-state index contributed by atoms with van der Waals surface area (Å²) in [7, 11) is 0. The van der Waals surface area contributed by atoms with Crippen LogP contribution in [0.5, 0.6) is 0 Å². The molecule has 0 radical (unpaired) electrons. The number of aliphatic hydroxyl groups excluding tert-OH is 8. The number of nitrogens with one attached hydrogen (secondary N) is 1. The fraction of sp³-hybridized carbons (Fsp3) is 0.881. The second-order valence-electron chi connectivity index (χ2n) is 21.1. The number of hydrogen-bond acceptors (Lipinski definition) is 13. The van der Waals surface area contributed by atoms with Crippen LogP contribution in [-0.4, -0.2) is 140 Å². The van der Waals surface area contributed by atoms with E-state index in [-0.39, 0.29) is 18.9 Å². The lowest BCUT2D eigenvalue weighted by atomic mass is 9.97. The molecule has 2 aliphatic rings. The lowest BCUT2D eigenvalue weighted by Gasteiger charge is -2.46. The fourth-order valence-corrected chi connectivity index (χ4v) is 9.71. The molecule has 0 aliphatic carbocycles. The molecular weight excluding hydrogens is 931 g/mol. The average Bonchev–Trinajstić information content (AvgIpc) is 3.39. The van der Waals surface area contributed by atoms with Gasteiger partial charge in [-0.05, 0) is 57.8 Å². The summed E-state index contributed by atoms with van der Waals surface area (Å²) in [6.45, 7) is 2.79. The Labute approximate surface area is 442 Å². The first-order valence-corrected chi connectivity index (χ1v) is 29.7. The monoisotopic (exact) mass is 1040 g/mol. The standard InChI is InChI=1S/C59H109NO13/c1-3-5-7-9-11-13-15-17-19-21-22-23-24-25-26-27-29-31-33-35-37-39-41-43-51(64)60-47(48(63)42-40-38-36-34-32-30-28-20-18-16-14-12-10-8-6-4-2)46-70-58-56(69)54(67)57(50(45-62)72-58)73-59-55(68)53(66)52(65)49(44-61)71-59/h21-22,32,34,40,42,47-50,52-59,61-63,65-69H,3-20,23-31,33,35-39,41,43-46H2,1-2H3,(H,60,64)/b22-21-,34-32+,42-40+. The van der Waals surface area contributed by atoms with Crippen LogP contribution < -0.4 is 5.32 Å². The summed E-state index contributed by atoms with van der Waals surface area (Å²) in [5.41, 5.74) is 0. The molecule has 0 aromatic carbocycles. The molecule has 12 unspecified atom stereocenters. The minimum Gasteiger partial charge on any atom is -0.394 e. The topological polar surface area (TPSA) is 228 Å². The number of hydrogen-bond donors (Lipinski definition) is 9. The van der Waals surface area contributed by atoms with Gasteiger partial charge in [0.2, 0.25) is 5.91 Å². The maximum atomic E-state index is 13.2. The molecule has 0 aromatic rings. The van der Waals surface area contributed by atoms with Crippen LogP contribution in [0.4, 0.5) is 0 Å². The predicted molar refractivity (Wildman–Crippen MR) is 291 cm³/mol. The van der Waals surface area contributed by atoms with Crippen molar-refractivity contribution in [3.8, 4) is 0 Å². The van der Waals surface area contributed by atoms with E-state index in [0.29, 0.717) is 12.8 Å². The number of carbonyl (C=O) groups excluding carboxylic acids is 1. The van der Waals surface area contributed by atoms with Crippen molar-refractivity contribution in [2.75, 3.05) is 19.8 Å². The molecule has 2 fully saturated rings.